The highest BCUT2D eigenvalue weighted by molar-refractivity contribution is 8.13. The number of hydrogen-bond acceptors (Lipinski definition) is 5. The zero-order valence-corrected chi connectivity index (χ0v) is 10.1. The summed E-state index contributed by atoms with van der Waals surface area (Å²) >= 11 is 1.26. The Morgan fingerprint density at radius 3 is 3.00 bits per heavy atom. The molecule has 0 radical (unpaired) electrons. The fourth-order valence-electron chi connectivity index (χ4n) is 1.10. The predicted molar refractivity (Wildman–Crippen MR) is 67.4 cm³/mol. The van der Waals surface area contributed by atoms with E-state index in [1.54, 1.807) is 19.2 Å². The number of thioether (sulfide) groups is 1. The van der Waals surface area contributed by atoms with E-state index in [0.29, 0.717) is 17.3 Å². The van der Waals surface area contributed by atoms with Crippen LogP contribution in [0.15, 0.2) is 18.3 Å². The molecular weight excluding hydrogens is 224 g/mol. The van der Waals surface area contributed by atoms with Crippen LogP contribution in [0.25, 0.3) is 6.08 Å². The van der Waals surface area contributed by atoms with Gasteiger partial charge in [0.05, 0.1) is 12.8 Å². The van der Waals surface area contributed by atoms with Crippen molar-refractivity contribution in [2.45, 2.75) is 6.92 Å². The summed E-state index contributed by atoms with van der Waals surface area (Å²) in [6.45, 7) is 1.55. The standard InChI is InChI=1S/C11H14N2O2S/c1-8(14)16-5-3-4-9-6-10(12)11(15-2)13-7-9/h3-4,6-7H,5,12H2,1-2H3. The van der Waals surface area contributed by atoms with E-state index in [9.17, 15) is 4.79 Å². The third kappa shape index (κ3) is 3.94. The molecule has 0 saturated carbocycles. The molecule has 0 aliphatic carbocycles. The highest BCUT2D eigenvalue weighted by atomic mass is 32.2. The zero-order valence-electron chi connectivity index (χ0n) is 9.27. The Balaban J connectivity index is 2.61. The van der Waals surface area contributed by atoms with Crippen molar-refractivity contribution in [3.63, 3.8) is 0 Å². The van der Waals surface area contributed by atoms with Gasteiger partial charge in [0, 0.05) is 18.9 Å². The summed E-state index contributed by atoms with van der Waals surface area (Å²) in [6, 6.07) is 1.78. The fraction of sp³-hybridized carbons (Fsp3) is 0.273. The van der Waals surface area contributed by atoms with Gasteiger partial charge in [0.25, 0.3) is 0 Å². The van der Waals surface area contributed by atoms with E-state index in [1.807, 2.05) is 12.2 Å². The van der Waals surface area contributed by atoms with E-state index in [1.165, 1.54) is 18.9 Å². The first kappa shape index (κ1) is 12.6. The number of ether oxygens (including phenoxy) is 1. The largest absolute Gasteiger partial charge is 0.480 e. The Hall–Kier alpha value is -1.49. The van der Waals surface area contributed by atoms with Crippen LogP contribution in [0.1, 0.15) is 12.5 Å². The van der Waals surface area contributed by atoms with Crippen molar-refractivity contribution in [3.8, 4) is 5.88 Å². The van der Waals surface area contributed by atoms with E-state index < -0.39 is 0 Å². The Bertz CT molecular complexity index is 405. The monoisotopic (exact) mass is 238 g/mol. The number of nitrogens with zero attached hydrogens (tertiary/aromatic N) is 1. The van der Waals surface area contributed by atoms with Crippen LogP contribution in [0.2, 0.25) is 0 Å². The SMILES string of the molecule is COc1ncc(C=CCSC(C)=O)cc1N. The van der Waals surface area contributed by atoms with Crippen LogP contribution in [0.4, 0.5) is 5.69 Å². The van der Waals surface area contributed by atoms with Crippen LogP contribution in [0.5, 0.6) is 5.88 Å². The third-order valence-corrected chi connectivity index (χ3v) is 2.55. The first-order valence-electron chi connectivity index (χ1n) is 4.73. The lowest BCUT2D eigenvalue weighted by Gasteiger charge is -2.02. The topological polar surface area (TPSA) is 65.2 Å². The molecule has 16 heavy (non-hydrogen) atoms. The van der Waals surface area contributed by atoms with Crippen molar-refractivity contribution in [1.29, 1.82) is 0 Å². The van der Waals surface area contributed by atoms with Gasteiger partial charge in [-0.15, -0.1) is 0 Å². The number of aromatic nitrogens is 1. The highest BCUT2D eigenvalue weighted by Crippen LogP contribution is 2.18. The number of rotatable bonds is 4. The van der Waals surface area contributed by atoms with Crippen molar-refractivity contribution in [1.82, 2.24) is 4.98 Å². The molecule has 1 rings (SSSR count). The predicted octanol–water partition coefficient (Wildman–Crippen LogP) is 1.97. The van der Waals surface area contributed by atoms with Crippen LogP contribution in [0.3, 0.4) is 0 Å². The number of nitrogens with two attached hydrogens (primary N) is 1. The van der Waals surface area contributed by atoms with Gasteiger partial charge < -0.3 is 10.5 Å². The molecule has 1 heterocycles. The van der Waals surface area contributed by atoms with Crippen molar-refractivity contribution in [2.75, 3.05) is 18.6 Å². The molecule has 5 heteroatoms. The van der Waals surface area contributed by atoms with E-state index in [0.717, 1.165) is 5.56 Å². The maximum atomic E-state index is 10.7. The van der Waals surface area contributed by atoms with Crippen molar-refractivity contribution in [2.24, 2.45) is 0 Å². The molecule has 86 valence electrons. The number of pyridine rings is 1. The van der Waals surface area contributed by atoms with Gasteiger partial charge in [0.2, 0.25) is 5.88 Å². The van der Waals surface area contributed by atoms with Gasteiger partial charge in [0.1, 0.15) is 0 Å². The summed E-state index contributed by atoms with van der Waals surface area (Å²) in [5.41, 5.74) is 7.10. The molecule has 0 bridgehead atoms. The molecule has 0 aliphatic heterocycles. The Kier molecular flexibility index (Phi) is 4.85. The van der Waals surface area contributed by atoms with Gasteiger partial charge in [-0.3, -0.25) is 4.79 Å². The van der Waals surface area contributed by atoms with Gasteiger partial charge in [-0.2, -0.15) is 0 Å². The van der Waals surface area contributed by atoms with Crippen LogP contribution in [-0.2, 0) is 4.79 Å². The van der Waals surface area contributed by atoms with Gasteiger partial charge in [0.15, 0.2) is 5.12 Å². The first-order chi connectivity index (χ1) is 7.63. The summed E-state index contributed by atoms with van der Waals surface area (Å²) in [5.74, 6) is 1.08. The van der Waals surface area contributed by atoms with Crippen LogP contribution in [-0.4, -0.2) is 23.0 Å². The summed E-state index contributed by atoms with van der Waals surface area (Å²) in [6.07, 6.45) is 5.44. The summed E-state index contributed by atoms with van der Waals surface area (Å²) in [5, 5.41) is 0.108. The van der Waals surface area contributed by atoms with E-state index in [-0.39, 0.29) is 5.12 Å². The lowest BCUT2D eigenvalue weighted by molar-refractivity contribution is -0.109. The molecule has 0 aliphatic rings. The number of methoxy groups -OCH3 is 1. The number of carbonyl (C=O) groups excluding carboxylic acids is 1. The van der Waals surface area contributed by atoms with Crippen LogP contribution >= 0.6 is 11.8 Å². The molecule has 4 nitrogen and oxygen atoms in total. The zero-order chi connectivity index (χ0) is 12.0. The molecule has 0 saturated heterocycles. The van der Waals surface area contributed by atoms with Crippen molar-refractivity contribution >= 4 is 28.6 Å². The molecular formula is C11H14N2O2S. The Labute approximate surface area is 98.9 Å². The first-order valence-corrected chi connectivity index (χ1v) is 5.71. The smallest absolute Gasteiger partial charge is 0.236 e. The van der Waals surface area contributed by atoms with Crippen molar-refractivity contribution < 1.29 is 9.53 Å². The minimum atomic E-state index is 0.108. The average Bonchev–Trinajstić information content (AvgIpc) is 2.24. The summed E-state index contributed by atoms with van der Waals surface area (Å²) < 4.78 is 4.95. The third-order valence-electron chi connectivity index (χ3n) is 1.79. The van der Waals surface area contributed by atoms with Gasteiger partial charge >= 0.3 is 0 Å². The van der Waals surface area contributed by atoms with Crippen molar-refractivity contribution in [3.05, 3.63) is 23.9 Å². The second-order valence-electron chi connectivity index (χ2n) is 3.07. The minimum Gasteiger partial charge on any atom is -0.480 e. The number of carbonyl (C=O) groups is 1. The van der Waals surface area contributed by atoms with Gasteiger partial charge in [-0.1, -0.05) is 23.9 Å². The normalized spacial score (nSPS) is 10.6. The second kappa shape index (κ2) is 6.17. The summed E-state index contributed by atoms with van der Waals surface area (Å²) in [4.78, 5) is 14.7. The molecule has 0 aromatic carbocycles. The molecule has 0 amide bonds. The van der Waals surface area contributed by atoms with E-state index >= 15 is 0 Å². The maximum absolute atomic E-state index is 10.7. The molecule has 0 unspecified atom stereocenters. The van der Waals surface area contributed by atoms with Gasteiger partial charge in [-0.25, -0.2) is 4.98 Å². The van der Waals surface area contributed by atoms with E-state index in [4.69, 9.17) is 10.5 Å². The van der Waals surface area contributed by atoms with E-state index in [2.05, 4.69) is 4.98 Å². The lowest BCUT2D eigenvalue weighted by Crippen LogP contribution is -1.95. The fourth-order valence-corrected chi connectivity index (χ4v) is 1.52. The molecule has 0 spiro atoms. The maximum Gasteiger partial charge on any atom is 0.236 e. The quantitative estimate of drug-likeness (QED) is 0.868. The molecule has 2 N–H and O–H groups in total. The molecule has 1 aromatic heterocycles. The number of nitrogen functional groups attached to an aromatic ring is 1. The molecule has 1 aromatic rings. The molecule has 0 fully saturated rings. The Morgan fingerprint density at radius 2 is 2.44 bits per heavy atom. The highest BCUT2D eigenvalue weighted by Gasteiger charge is 1.99. The number of hydrogen-bond donors (Lipinski definition) is 1. The average molecular weight is 238 g/mol. The second-order valence-corrected chi connectivity index (χ2v) is 4.27. The lowest BCUT2D eigenvalue weighted by atomic mass is 10.2. The number of anilines is 1. The Morgan fingerprint density at radius 1 is 1.69 bits per heavy atom. The summed E-state index contributed by atoms with van der Waals surface area (Å²) in [7, 11) is 1.53. The van der Waals surface area contributed by atoms with Crippen LogP contribution in [0, 0.1) is 0 Å². The van der Waals surface area contributed by atoms with Crippen LogP contribution < -0.4 is 10.5 Å². The minimum absolute atomic E-state index is 0.108. The van der Waals surface area contributed by atoms with Gasteiger partial charge in [-0.05, 0) is 11.6 Å². The molecule has 0 atom stereocenters.